The zero-order chi connectivity index (χ0) is 10.7. The Kier molecular flexibility index (Phi) is 4.09. The summed E-state index contributed by atoms with van der Waals surface area (Å²) in [7, 11) is 0. The van der Waals surface area contributed by atoms with Crippen LogP contribution < -0.4 is 0 Å². The molecule has 1 heterocycles. The third-order valence-corrected chi connectivity index (χ3v) is 5.18. The molecule has 15 heavy (non-hydrogen) atoms. The molecule has 1 aromatic rings. The molecule has 3 heteroatoms. The van der Waals surface area contributed by atoms with Crippen molar-refractivity contribution in [2.24, 2.45) is 5.92 Å². The first kappa shape index (κ1) is 11.5. The number of nitrogens with zero attached hydrogens (tertiary/aromatic N) is 1. The van der Waals surface area contributed by atoms with Gasteiger partial charge in [-0.1, -0.05) is 19.8 Å². The van der Waals surface area contributed by atoms with E-state index in [2.05, 4.69) is 33.9 Å². The summed E-state index contributed by atoms with van der Waals surface area (Å²) in [5.41, 5.74) is 0. The molecule has 0 amide bonds. The van der Waals surface area contributed by atoms with E-state index in [4.69, 9.17) is 0 Å². The second-order valence-corrected chi connectivity index (χ2v) is 6.51. The monoisotopic (exact) mass is 285 g/mol. The van der Waals surface area contributed by atoms with Crippen molar-refractivity contribution in [1.29, 1.82) is 0 Å². The van der Waals surface area contributed by atoms with Crippen LogP contribution in [0, 0.1) is 5.92 Å². The van der Waals surface area contributed by atoms with Crippen molar-refractivity contribution >= 4 is 27.7 Å². The Hall–Kier alpha value is -0.0200. The van der Waals surface area contributed by atoms with Crippen LogP contribution in [0.15, 0.2) is 27.8 Å². The Balaban J connectivity index is 1.99. The number of hydrogen-bond acceptors (Lipinski definition) is 2. The van der Waals surface area contributed by atoms with Gasteiger partial charge >= 0.3 is 0 Å². The highest BCUT2D eigenvalue weighted by atomic mass is 79.9. The van der Waals surface area contributed by atoms with Crippen LogP contribution in [0.1, 0.15) is 32.6 Å². The van der Waals surface area contributed by atoms with E-state index in [1.165, 1.54) is 30.6 Å². The van der Waals surface area contributed by atoms with E-state index in [0.29, 0.717) is 0 Å². The van der Waals surface area contributed by atoms with Crippen LogP contribution in [0.5, 0.6) is 0 Å². The summed E-state index contributed by atoms with van der Waals surface area (Å²) in [4.78, 5) is 5.43. The van der Waals surface area contributed by atoms with Gasteiger partial charge in [0.15, 0.2) is 0 Å². The number of thioether (sulfide) groups is 1. The second kappa shape index (κ2) is 5.35. The van der Waals surface area contributed by atoms with E-state index in [0.717, 1.165) is 15.6 Å². The summed E-state index contributed by atoms with van der Waals surface area (Å²) in [6, 6.07) is 2.11. The van der Waals surface area contributed by atoms with E-state index in [-0.39, 0.29) is 0 Å². The summed E-state index contributed by atoms with van der Waals surface area (Å²) in [6.45, 7) is 2.37. The van der Waals surface area contributed by atoms with Gasteiger partial charge in [0.2, 0.25) is 0 Å². The molecule has 82 valence electrons. The van der Waals surface area contributed by atoms with E-state index in [9.17, 15) is 0 Å². The Morgan fingerprint density at radius 3 is 3.07 bits per heavy atom. The topological polar surface area (TPSA) is 12.9 Å². The van der Waals surface area contributed by atoms with Crippen molar-refractivity contribution in [2.45, 2.75) is 42.8 Å². The average Bonchev–Trinajstić information content (AvgIpc) is 2.22. The maximum Gasteiger partial charge on any atom is 0.0494 e. The molecular weight excluding hydrogens is 270 g/mol. The van der Waals surface area contributed by atoms with E-state index < -0.39 is 0 Å². The molecule has 0 bridgehead atoms. The molecule has 0 aromatic carbocycles. The predicted octanol–water partition coefficient (Wildman–Crippen LogP) is 4.51. The molecule has 2 atom stereocenters. The lowest BCUT2D eigenvalue weighted by Gasteiger charge is -2.26. The highest BCUT2D eigenvalue weighted by molar-refractivity contribution is 9.10. The zero-order valence-electron chi connectivity index (χ0n) is 8.95. The SMILES string of the molecule is CC1CCCC(Sc2ccncc2Br)C1. The van der Waals surface area contributed by atoms with E-state index in [1.54, 1.807) is 0 Å². The molecule has 1 fully saturated rings. The van der Waals surface area contributed by atoms with Crippen molar-refractivity contribution in [3.63, 3.8) is 0 Å². The van der Waals surface area contributed by atoms with Crippen molar-refractivity contribution < 1.29 is 0 Å². The molecule has 0 N–H and O–H groups in total. The minimum Gasteiger partial charge on any atom is -0.263 e. The standard InChI is InChI=1S/C12H16BrNS/c1-9-3-2-4-10(7-9)15-12-5-6-14-8-11(12)13/h5-6,8-10H,2-4,7H2,1H3. The molecule has 0 spiro atoms. The van der Waals surface area contributed by atoms with Gasteiger partial charge in [-0.05, 0) is 40.8 Å². The second-order valence-electron chi connectivity index (χ2n) is 4.32. The largest absolute Gasteiger partial charge is 0.263 e. The molecule has 2 unspecified atom stereocenters. The maximum absolute atomic E-state index is 4.09. The molecule has 0 saturated heterocycles. The molecule has 1 nitrogen and oxygen atoms in total. The summed E-state index contributed by atoms with van der Waals surface area (Å²) in [6.07, 6.45) is 9.28. The summed E-state index contributed by atoms with van der Waals surface area (Å²) >= 11 is 5.56. The van der Waals surface area contributed by atoms with Gasteiger partial charge in [-0.3, -0.25) is 4.98 Å². The molecular formula is C12H16BrNS. The van der Waals surface area contributed by atoms with Crippen LogP contribution in [0.25, 0.3) is 0 Å². The third-order valence-electron chi connectivity index (χ3n) is 2.92. The number of rotatable bonds is 2. The quantitative estimate of drug-likeness (QED) is 0.793. The number of aromatic nitrogens is 1. The molecule has 0 aliphatic heterocycles. The van der Waals surface area contributed by atoms with Crippen molar-refractivity contribution in [2.75, 3.05) is 0 Å². The lowest BCUT2D eigenvalue weighted by atomic mass is 9.91. The van der Waals surface area contributed by atoms with Crippen LogP contribution in [0.4, 0.5) is 0 Å². The van der Waals surface area contributed by atoms with Crippen LogP contribution >= 0.6 is 27.7 Å². The first-order valence-electron chi connectivity index (χ1n) is 5.52. The minimum atomic E-state index is 0.799. The third kappa shape index (κ3) is 3.22. The smallest absolute Gasteiger partial charge is 0.0494 e. The molecule has 0 radical (unpaired) electrons. The van der Waals surface area contributed by atoms with E-state index in [1.807, 2.05) is 24.2 Å². The predicted molar refractivity (Wildman–Crippen MR) is 69.2 cm³/mol. The Bertz CT molecular complexity index is 329. The molecule has 1 aliphatic carbocycles. The first-order chi connectivity index (χ1) is 7.25. The van der Waals surface area contributed by atoms with Crippen molar-refractivity contribution in [3.05, 3.63) is 22.9 Å². The lowest BCUT2D eigenvalue weighted by molar-refractivity contribution is 0.394. The van der Waals surface area contributed by atoms with Gasteiger partial charge < -0.3 is 0 Å². The van der Waals surface area contributed by atoms with Gasteiger partial charge in [-0.15, -0.1) is 11.8 Å². The van der Waals surface area contributed by atoms with Gasteiger partial charge in [0, 0.05) is 27.0 Å². The van der Waals surface area contributed by atoms with Gasteiger partial charge in [-0.2, -0.15) is 0 Å². The highest BCUT2D eigenvalue weighted by Crippen LogP contribution is 2.38. The Labute approximate surface area is 104 Å². The van der Waals surface area contributed by atoms with Crippen LogP contribution in [-0.4, -0.2) is 10.2 Å². The molecule has 1 aliphatic rings. The number of hydrogen-bond donors (Lipinski definition) is 0. The normalized spacial score (nSPS) is 26.5. The maximum atomic E-state index is 4.09. The van der Waals surface area contributed by atoms with E-state index >= 15 is 0 Å². The Morgan fingerprint density at radius 2 is 2.33 bits per heavy atom. The summed E-state index contributed by atoms with van der Waals surface area (Å²) in [5, 5.41) is 0.799. The van der Waals surface area contributed by atoms with Crippen LogP contribution in [0.3, 0.4) is 0 Å². The summed E-state index contributed by atoms with van der Waals surface area (Å²) in [5.74, 6) is 0.900. The fourth-order valence-corrected chi connectivity index (χ4v) is 4.03. The van der Waals surface area contributed by atoms with Crippen molar-refractivity contribution in [3.8, 4) is 0 Å². The first-order valence-corrected chi connectivity index (χ1v) is 7.19. The highest BCUT2D eigenvalue weighted by Gasteiger charge is 2.20. The Morgan fingerprint density at radius 1 is 1.47 bits per heavy atom. The number of halogens is 1. The lowest BCUT2D eigenvalue weighted by Crippen LogP contribution is -2.14. The molecule has 2 rings (SSSR count). The molecule has 1 saturated carbocycles. The minimum absolute atomic E-state index is 0.799. The van der Waals surface area contributed by atoms with Gasteiger partial charge in [0.1, 0.15) is 0 Å². The number of pyridine rings is 1. The van der Waals surface area contributed by atoms with Gasteiger partial charge in [-0.25, -0.2) is 0 Å². The van der Waals surface area contributed by atoms with Gasteiger partial charge in [0.05, 0.1) is 0 Å². The van der Waals surface area contributed by atoms with Crippen LogP contribution in [0.2, 0.25) is 0 Å². The van der Waals surface area contributed by atoms with Gasteiger partial charge in [0.25, 0.3) is 0 Å². The van der Waals surface area contributed by atoms with Crippen LogP contribution in [-0.2, 0) is 0 Å². The molecule has 1 aromatic heterocycles. The fourth-order valence-electron chi connectivity index (χ4n) is 2.12. The average molecular weight is 286 g/mol. The summed E-state index contributed by atoms with van der Waals surface area (Å²) < 4.78 is 1.13. The van der Waals surface area contributed by atoms with Crippen molar-refractivity contribution in [1.82, 2.24) is 4.98 Å². The fraction of sp³-hybridized carbons (Fsp3) is 0.583. The zero-order valence-corrected chi connectivity index (χ0v) is 11.4.